The molecule has 0 aliphatic carbocycles. The van der Waals surface area contributed by atoms with E-state index in [1.54, 1.807) is 32.0 Å². The molecule has 3 aromatic rings. The van der Waals surface area contributed by atoms with Crippen molar-refractivity contribution in [3.63, 3.8) is 0 Å². The van der Waals surface area contributed by atoms with Crippen molar-refractivity contribution in [3.8, 4) is 0 Å². The van der Waals surface area contributed by atoms with E-state index >= 15 is 0 Å². The fourth-order valence-electron chi connectivity index (χ4n) is 2.76. The summed E-state index contributed by atoms with van der Waals surface area (Å²) in [5.74, 6) is -1.71. The van der Waals surface area contributed by atoms with E-state index in [9.17, 15) is 18.8 Å². The normalized spacial score (nSPS) is 10.7. The summed E-state index contributed by atoms with van der Waals surface area (Å²) in [6, 6.07) is 8.69. The number of anilines is 1. The zero-order valence-electron chi connectivity index (χ0n) is 15.4. The third-order valence-electron chi connectivity index (χ3n) is 3.98. The van der Waals surface area contributed by atoms with Gasteiger partial charge in [-0.15, -0.1) is 0 Å². The summed E-state index contributed by atoms with van der Waals surface area (Å²) < 4.78 is 19.6. The number of fused-ring (bicyclic) bond motifs is 1. The molecule has 3 rings (SSSR count). The Bertz CT molecular complexity index is 1120. The molecule has 8 heteroatoms. The molecule has 2 aromatic heterocycles. The average molecular weight is 383 g/mol. The molecule has 0 saturated heterocycles. The largest absolute Gasteiger partial charge is 0.462 e. The molecule has 0 aliphatic heterocycles. The Kier molecular flexibility index (Phi) is 5.49. The number of halogens is 1. The molecule has 2 heterocycles. The molecule has 7 nitrogen and oxygen atoms in total. The van der Waals surface area contributed by atoms with E-state index in [1.807, 2.05) is 0 Å². The van der Waals surface area contributed by atoms with Crippen LogP contribution in [-0.2, 0) is 16.1 Å². The summed E-state index contributed by atoms with van der Waals surface area (Å²) >= 11 is 0. The Hall–Kier alpha value is -3.55. The Morgan fingerprint density at radius 1 is 1.25 bits per heavy atom. The number of aryl methyl sites for hydroxylation is 1. The number of amides is 1. The molecule has 144 valence electrons. The molecule has 0 radical (unpaired) electrons. The summed E-state index contributed by atoms with van der Waals surface area (Å²) in [4.78, 5) is 41.5. The molecule has 0 fully saturated rings. The van der Waals surface area contributed by atoms with Crippen molar-refractivity contribution in [2.24, 2.45) is 0 Å². The molecule has 0 saturated carbocycles. The number of hydrogen-bond donors (Lipinski definition) is 1. The first kappa shape index (κ1) is 19.2. The van der Waals surface area contributed by atoms with Crippen LogP contribution in [0.2, 0.25) is 0 Å². The summed E-state index contributed by atoms with van der Waals surface area (Å²) in [7, 11) is 0. The van der Waals surface area contributed by atoms with E-state index in [0.29, 0.717) is 11.4 Å². The number of rotatable bonds is 5. The van der Waals surface area contributed by atoms with Crippen LogP contribution < -0.4 is 10.7 Å². The second-order valence-corrected chi connectivity index (χ2v) is 6.10. The van der Waals surface area contributed by atoms with Crippen LogP contribution in [0.3, 0.4) is 0 Å². The number of carbonyl (C=O) groups is 2. The smallest absolute Gasteiger partial charge is 0.343 e. The quantitative estimate of drug-likeness (QED) is 0.684. The predicted octanol–water partition coefficient (Wildman–Crippen LogP) is 2.66. The first-order valence-electron chi connectivity index (χ1n) is 8.62. The van der Waals surface area contributed by atoms with Gasteiger partial charge in [0.1, 0.15) is 23.6 Å². The SMILES string of the molecule is CCOC(=O)c1cn(CC(=O)Nc2cccc(F)c2)c2nc(C)ccc2c1=O. The second-order valence-electron chi connectivity index (χ2n) is 6.10. The molecule has 0 atom stereocenters. The molecule has 28 heavy (non-hydrogen) atoms. The summed E-state index contributed by atoms with van der Waals surface area (Å²) in [5, 5.41) is 2.78. The first-order chi connectivity index (χ1) is 13.4. The summed E-state index contributed by atoms with van der Waals surface area (Å²) in [6.45, 7) is 3.27. The van der Waals surface area contributed by atoms with Gasteiger partial charge in [-0.25, -0.2) is 14.2 Å². The Balaban J connectivity index is 2.02. The van der Waals surface area contributed by atoms with Gasteiger partial charge in [-0.05, 0) is 44.2 Å². The van der Waals surface area contributed by atoms with Gasteiger partial charge < -0.3 is 14.6 Å². The number of nitrogens with one attached hydrogen (secondary N) is 1. The Morgan fingerprint density at radius 2 is 2.04 bits per heavy atom. The topological polar surface area (TPSA) is 90.3 Å². The summed E-state index contributed by atoms with van der Waals surface area (Å²) in [5.41, 5.74) is 0.522. The number of nitrogens with zero attached hydrogens (tertiary/aromatic N) is 2. The van der Waals surface area contributed by atoms with Gasteiger partial charge in [0.15, 0.2) is 0 Å². The number of benzene rings is 1. The van der Waals surface area contributed by atoms with E-state index < -0.39 is 23.1 Å². The Labute approximate surface area is 159 Å². The minimum Gasteiger partial charge on any atom is -0.462 e. The third kappa shape index (κ3) is 4.06. The molecule has 0 spiro atoms. The van der Waals surface area contributed by atoms with Crippen LogP contribution >= 0.6 is 0 Å². The highest BCUT2D eigenvalue weighted by atomic mass is 19.1. The minimum absolute atomic E-state index is 0.114. The van der Waals surface area contributed by atoms with Gasteiger partial charge in [0.25, 0.3) is 0 Å². The number of ether oxygens (including phenoxy) is 1. The third-order valence-corrected chi connectivity index (χ3v) is 3.98. The number of pyridine rings is 2. The lowest BCUT2D eigenvalue weighted by molar-refractivity contribution is -0.116. The van der Waals surface area contributed by atoms with Crippen molar-refractivity contribution in [1.82, 2.24) is 9.55 Å². The van der Waals surface area contributed by atoms with Crippen molar-refractivity contribution in [2.75, 3.05) is 11.9 Å². The molecule has 0 aliphatic rings. The van der Waals surface area contributed by atoms with Gasteiger partial charge in [-0.1, -0.05) is 6.07 Å². The number of carbonyl (C=O) groups excluding carboxylic acids is 2. The van der Waals surface area contributed by atoms with Crippen LogP contribution in [0.25, 0.3) is 11.0 Å². The molecule has 1 aromatic carbocycles. The fourth-order valence-corrected chi connectivity index (χ4v) is 2.76. The van der Waals surface area contributed by atoms with E-state index in [-0.39, 0.29) is 29.7 Å². The maximum atomic E-state index is 13.3. The molecule has 1 N–H and O–H groups in total. The lowest BCUT2D eigenvalue weighted by atomic mass is 10.2. The van der Waals surface area contributed by atoms with Crippen LogP contribution in [0, 0.1) is 12.7 Å². The number of esters is 1. The zero-order chi connectivity index (χ0) is 20.3. The van der Waals surface area contributed by atoms with E-state index in [2.05, 4.69) is 10.3 Å². The molecule has 1 amide bonds. The van der Waals surface area contributed by atoms with E-state index in [0.717, 1.165) is 0 Å². The number of hydrogen-bond acceptors (Lipinski definition) is 5. The molecular formula is C20H18FN3O4. The van der Waals surface area contributed by atoms with E-state index in [1.165, 1.54) is 29.0 Å². The van der Waals surface area contributed by atoms with Gasteiger partial charge in [-0.2, -0.15) is 0 Å². The van der Waals surface area contributed by atoms with Gasteiger partial charge in [0.05, 0.1) is 12.0 Å². The minimum atomic E-state index is -0.769. The Morgan fingerprint density at radius 3 is 2.75 bits per heavy atom. The van der Waals surface area contributed by atoms with Crippen LogP contribution in [0.15, 0.2) is 47.4 Å². The lowest BCUT2D eigenvalue weighted by Crippen LogP contribution is -2.25. The highest BCUT2D eigenvalue weighted by Gasteiger charge is 2.18. The molecule has 0 unspecified atom stereocenters. The van der Waals surface area contributed by atoms with Crippen molar-refractivity contribution >= 4 is 28.6 Å². The lowest BCUT2D eigenvalue weighted by Gasteiger charge is -2.13. The maximum absolute atomic E-state index is 13.3. The van der Waals surface area contributed by atoms with Crippen molar-refractivity contribution < 1.29 is 18.7 Å². The standard InChI is InChI=1S/C20H18FN3O4/c1-3-28-20(27)16-10-24(19-15(18(16)26)8-7-12(2)22-19)11-17(25)23-14-6-4-5-13(21)9-14/h4-10H,3,11H2,1-2H3,(H,23,25). The van der Waals surface area contributed by atoms with Gasteiger partial charge in [-0.3, -0.25) is 9.59 Å². The highest BCUT2D eigenvalue weighted by molar-refractivity contribution is 5.95. The van der Waals surface area contributed by atoms with Gasteiger partial charge >= 0.3 is 5.97 Å². The second kappa shape index (κ2) is 7.99. The van der Waals surface area contributed by atoms with E-state index in [4.69, 9.17) is 4.74 Å². The molecular weight excluding hydrogens is 365 g/mol. The van der Waals surface area contributed by atoms with Crippen LogP contribution in [-0.4, -0.2) is 28.0 Å². The van der Waals surface area contributed by atoms with Gasteiger partial charge in [0.2, 0.25) is 11.3 Å². The average Bonchev–Trinajstić information content (AvgIpc) is 2.64. The predicted molar refractivity (Wildman–Crippen MR) is 102 cm³/mol. The summed E-state index contributed by atoms with van der Waals surface area (Å²) in [6.07, 6.45) is 1.26. The van der Waals surface area contributed by atoms with Crippen LogP contribution in [0.5, 0.6) is 0 Å². The molecule has 0 bridgehead atoms. The zero-order valence-corrected chi connectivity index (χ0v) is 15.4. The van der Waals surface area contributed by atoms with Crippen LogP contribution in [0.1, 0.15) is 23.0 Å². The van der Waals surface area contributed by atoms with Crippen molar-refractivity contribution in [3.05, 3.63) is 69.9 Å². The fraction of sp³-hybridized carbons (Fsp3) is 0.200. The maximum Gasteiger partial charge on any atom is 0.343 e. The number of aromatic nitrogens is 2. The highest BCUT2D eigenvalue weighted by Crippen LogP contribution is 2.13. The van der Waals surface area contributed by atoms with Crippen molar-refractivity contribution in [2.45, 2.75) is 20.4 Å². The first-order valence-corrected chi connectivity index (χ1v) is 8.62. The van der Waals surface area contributed by atoms with Crippen LogP contribution in [0.4, 0.5) is 10.1 Å². The van der Waals surface area contributed by atoms with Gasteiger partial charge in [0, 0.05) is 17.6 Å². The van der Waals surface area contributed by atoms with Crippen molar-refractivity contribution in [1.29, 1.82) is 0 Å². The monoisotopic (exact) mass is 383 g/mol.